The fraction of sp³-hybridized carbons (Fsp3) is 0.633. The molecule has 2 unspecified atom stereocenters. The molecule has 0 aromatic rings. The normalized spacial score (nSPS) is 14.3. The molecule has 398 valence electrons. The van der Waals surface area contributed by atoms with Crippen molar-refractivity contribution in [3.63, 3.8) is 0 Å². The zero-order chi connectivity index (χ0) is 51.3. The minimum atomic E-state index is -4.65. The van der Waals surface area contributed by atoms with Gasteiger partial charge >= 0.3 is 11.9 Å². The van der Waals surface area contributed by atoms with Crippen LogP contribution in [0, 0.1) is 0 Å². The Labute approximate surface area is 428 Å². The van der Waals surface area contributed by atoms with Gasteiger partial charge in [-0.15, -0.1) is 0 Å². The summed E-state index contributed by atoms with van der Waals surface area (Å²) in [6.07, 6.45) is 70.9. The van der Waals surface area contributed by atoms with E-state index in [4.69, 9.17) is 18.5 Å². The Hall–Kier alpha value is -3.59. The minimum Gasteiger partial charge on any atom is -0.756 e. The van der Waals surface area contributed by atoms with Gasteiger partial charge < -0.3 is 27.9 Å². The molecule has 0 aliphatic carbocycles. The standard InChI is InChI=1S/C60H100NO8P/c1-6-8-10-12-14-16-18-20-22-24-25-26-27-28-29-30-31-32-33-34-35-37-39-41-43-45-47-49-51-53-60(63)69-58(57-68-70(64,65)67-55-54-61(3,4)5)56-66-59(62)52-50-48-46-44-42-40-38-36-23-21-19-17-15-13-11-9-7-2/h8,10,14-17,20-23,25-26,28-29,31-32,34-35,39,41,58H,6-7,9,11-13,18-19,24,27,30,33,36-38,40,42-57H2,1-5H3/b10-8-,16-14-,17-15-,22-20-,23-21-,26-25-,29-28-,32-31-,35-34-,41-39-. The van der Waals surface area contributed by atoms with E-state index in [1.165, 1.54) is 44.9 Å². The van der Waals surface area contributed by atoms with Crippen LogP contribution in [0.4, 0.5) is 0 Å². The van der Waals surface area contributed by atoms with E-state index in [9.17, 15) is 19.0 Å². The predicted molar refractivity (Wildman–Crippen MR) is 295 cm³/mol. The van der Waals surface area contributed by atoms with E-state index in [0.29, 0.717) is 23.9 Å². The molecule has 0 fully saturated rings. The van der Waals surface area contributed by atoms with Crippen molar-refractivity contribution in [2.45, 2.75) is 200 Å². The molecule has 0 spiro atoms. The first-order chi connectivity index (χ1) is 34.0. The van der Waals surface area contributed by atoms with Crippen molar-refractivity contribution >= 4 is 19.8 Å². The van der Waals surface area contributed by atoms with E-state index in [1.807, 2.05) is 21.1 Å². The van der Waals surface area contributed by atoms with Crippen molar-refractivity contribution in [2.24, 2.45) is 0 Å². The van der Waals surface area contributed by atoms with Crippen LogP contribution >= 0.6 is 7.82 Å². The molecule has 0 radical (unpaired) electrons. The summed E-state index contributed by atoms with van der Waals surface area (Å²) in [4.78, 5) is 37.8. The highest BCUT2D eigenvalue weighted by Gasteiger charge is 2.21. The second-order valence-corrected chi connectivity index (χ2v) is 20.3. The van der Waals surface area contributed by atoms with E-state index >= 15 is 0 Å². The molecule has 0 aromatic heterocycles. The molecule has 2 atom stereocenters. The smallest absolute Gasteiger partial charge is 0.306 e. The number of unbranched alkanes of at least 4 members (excludes halogenated alkanes) is 14. The number of allylic oxidation sites excluding steroid dienone is 20. The number of hydrogen-bond acceptors (Lipinski definition) is 8. The monoisotopic (exact) mass is 994 g/mol. The maximum Gasteiger partial charge on any atom is 0.306 e. The van der Waals surface area contributed by atoms with Crippen LogP contribution < -0.4 is 4.89 Å². The van der Waals surface area contributed by atoms with Crippen LogP contribution in [0.5, 0.6) is 0 Å². The average molecular weight is 994 g/mol. The third kappa shape index (κ3) is 53.8. The summed E-state index contributed by atoms with van der Waals surface area (Å²) >= 11 is 0. The summed E-state index contributed by atoms with van der Waals surface area (Å²) < 4.78 is 34.0. The Kier molecular flexibility index (Phi) is 47.8. The zero-order valence-electron chi connectivity index (χ0n) is 44.9. The average Bonchev–Trinajstić information content (AvgIpc) is 3.32. The van der Waals surface area contributed by atoms with E-state index in [-0.39, 0.29) is 26.1 Å². The molecule has 10 heteroatoms. The fourth-order valence-corrected chi connectivity index (χ4v) is 7.49. The maximum absolute atomic E-state index is 12.8. The van der Waals surface area contributed by atoms with Crippen molar-refractivity contribution in [1.82, 2.24) is 0 Å². The number of carbonyl (C=O) groups excluding carboxylic acids is 2. The number of nitrogens with zero attached hydrogens (tertiary/aromatic N) is 1. The lowest BCUT2D eigenvalue weighted by atomic mass is 10.1. The minimum absolute atomic E-state index is 0.0446. The molecule has 0 aliphatic heterocycles. The molecule has 0 amide bonds. The van der Waals surface area contributed by atoms with Crippen molar-refractivity contribution < 1.29 is 42.1 Å². The number of quaternary nitrogens is 1. The lowest BCUT2D eigenvalue weighted by Crippen LogP contribution is -2.37. The molecule has 0 saturated carbocycles. The van der Waals surface area contributed by atoms with Gasteiger partial charge in [0.2, 0.25) is 0 Å². The number of carbonyl (C=O) groups is 2. The van der Waals surface area contributed by atoms with E-state index in [2.05, 4.69) is 135 Å². The topological polar surface area (TPSA) is 111 Å². The Morgan fingerprint density at radius 1 is 0.457 bits per heavy atom. The lowest BCUT2D eigenvalue weighted by molar-refractivity contribution is -0.870. The van der Waals surface area contributed by atoms with Crippen LogP contribution in [0.3, 0.4) is 0 Å². The number of ether oxygens (including phenoxy) is 2. The van der Waals surface area contributed by atoms with Crippen molar-refractivity contribution in [3.05, 3.63) is 122 Å². The summed E-state index contributed by atoms with van der Waals surface area (Å²) in [6.45, 7) is 4.04. The van der Waals surface area contributed by atoms with Gasteiger partial charge in [-0.05, 0) is 109 Å². The Balaban J connectivity index is 4.32. The van der Waals surface area contributed by atoms with Crippen molar-refractivity contribution in [2.75, 3.05) is 47.5 Å². The highest BCUT2D eigenvalue weighted by Crippen LogP contribution is 2.38. The summed E-state index contributed by atoms with van der Waals surface area (Å²) in [5, 5.41) is 0. The number of hydrogen-bond donors (Lipinski definition) is 0. The van der Waals surface area contributed by atoms with Crippen molar-refractivity contribution in [1.29, 1.82) is 0 Å². The number of esters is 2. The predicted octanol–water partition coefficient (Wildman–Crippen LogP) is 16.2. The summed E-state index contributed by atoms with van der Waals surface area (Å²) in [5.74, 6) is -0.882. The molecular formula is C60H100NO8P. The van der Waals surface area contributed by atoms with Crippen LogP contribution in [0.25, 0.3) is 0 Å². The number of phosphoric acid groups is 1. The zero-order valence-corrected chi connectivity index (χ0v) is 45.8. The third-order valence-corrected chi connectivity index (χ3v) is 11.9. The van der Waals surface area contributed by atoms with Gasteiger partial charge in [-0.1, -0.05) is 193 Å². The maximum atomic E-state index is 12.8. The molecule has 0 aliphatic rings. The molecule has 0 aromatic carbocycles. The summed E-state index contributed by atoms with van der Waals surface area (Å²) in [5.41, 5.74) is 0. The quantitative estimate of drug-likeness (QED) is 0.0195. The van der Waals surface area contributed by atoms with Gasteiger partial charge in [0, 0.05) is 12.8 Å². The second-order valence-electron chi connectivity index (χ2n) is 18.9. The van der Waals surface area contributed by atoms with E-state index in [1.54, 1.807) is 0 Å². The first kappa shape index (κ1) is 66.4. The van der Waals surface area contributed by atoms with Gasteiger partial charge in [0.1, 0.15) is 19.8 Å². The lowest BCUT2D eigenvalue weighted by Gasteiger charge is -2.28. The summed E-state index contributed by atoms with van der Waals surface area (Å²) in [6, 6.07) is 0. The van der Waals surface area contributed by atoms with Gasteiger partial charge in [-0.2, -0.15) is 0 Å². The SMILES string of the molecule is CC/C=C\C/C=C\C/C=C\C/C=C\C/C=C\C/C=C\C/C=C\C/C=C\CCCCCCC(=O)OC(COC(=O)CCCCCCCCC/C=C\C/C=C\CCCCC)COP(=O)([O-])OCC[N+](C)(C)C. The number of phosphoric ester groups is 1. The van der Waals surface area contributed by atoms with Gasteiger partial charge in [0.15, 0.2) is 6.10 Å². The van der Waals surface area contributed by atoms with Crippen LogP contribution in [0.1, 0.15) is 194 Å². The van der Waals surface area contributed by atoms with Crippen LogP contribution in [0.15, 0.2) is 122 Å². The van der Waals surface area contributed by atoms with Crippen molar-refractivity contribution in [3.8, 4) is 0 Å². The van der Waals surface area contributed by atoms with Crippen LogP contribution in [0.2, 0.25) is 0 Å². The Bertz CT molecular complexity index is 1590. The Morgan fingerprint density at radius 3 is 1.21 bits per heavy atom. The molecular weight excluding hydrogens is 894 g/mol. The van der Waals surface area contributed by atoms with E-state index in [0.717, 1.165) is 109 Å². The number of rotatable bonds is 48. The molecule has 0 N–H and O–H groups in total. The highest BCUT2D eigenvalue weighted by molar-refractivity contribution is 7.45. The fourth-order valence-electron chi connectivity index (χ4n) is 6.76. The first-order valence-electron chi connectivity index (χ1n) is 27.2. The van der Waals surface area contributed by atoms with Gasteiger partial charge in [-0.25, -0.2) is 0 Å². The van der Waals surface area contributed by atoms with Gasteiger partial charge in [-0.3, -0.25) is 14.2 Å². The largest absolute Gasteiger partial charge is 0.756 e. The molecule has 0 heterocycles. The van der Waals surface area contributed by atoms with Crippen LogP contribution in [-0.4, -0.2) is 70.0 Å². The third-order valence-electron chi connectivity index (χ3n) is 11.0. The molecule has 9 nitrogen and oxygen atoms in total. The highest BCUT2D eigenvalue weighted by atomic mass is 31.2. The number of likely N-dealkylation sites (N-methyl/N-ethyl adjacent to an activating group) is 1. The molecule has 0 bridgehead atoms. The second kappa shape index (κ2) is 50.4. The molecule has 70 heavy (non-hydrogen) atoms. The van der Waals surface area contributed by atoms with Gasteiger partial charge in [0.05, 0.1) is 27.7 Å². The first-order valence-corrected chi connectivity index (χ1v) is 28.7. The van der Waals surface area contributed by atoms with Gasteiger partial charge in [0.25, 0.3) is 7.82 Å². The molecule has 0 rings (SSSR count). The van der Waals surface area contributed by atoms with E-state index < -0.39 is 32.5 Å². The Morgan fingerprint density at radius 2 is 0.814 bits per heavy atom. The van der Waals surface area contributed by atoms with Crippen LogP contribution in [-0.2, 0) is 32.7 Å². The summed E-state index contributed by atoms with van der Waals surface area (Å²) in [7, 11) is 1.12. The molecule has 0 saturated heterocycles.